The zero-order chi connectivity index (χ0) is 9.68. The molecule has 0 aromatic heterocycles. The van der Waals surface area contributed by atoms with Gasteiger partial charge >= 0.3 is 0 Å². The molecule has 0 unspecified atom stereocenters. The minimum atomic E-state index is 0.761. The Bertz CT molecular complexity index is 338. The minimum absolute atomic E-state index is 0.761. The summed E-state index contributed by atoms with van der Waals surface area (Å²) in [6, 6.07) is 6.04. The van der Waals surface area contributed by atoms with Crippen LogP contribution in [0.2, 0.25) is 0 Å². The molecule has 0 aliphatic rings. The van der Waals surface area contributed by atoms with Gasteiger partial charge in [-0.05, 0) is 30.0 Å². The fraction of sp³-hybridized carbons (Fsp3) is 0.364. The van der Waals surface area contributed by atoms with Gasteiger partial charge < -0.3 is 0 Å². The Morgan fingerprint density at radius 2 is 2.08 bits per heavy atom. The molecule has 0 bridgehead atoms. The van der Waals surface area contributed by atoms with E-state index in [0.29, 0.717) is 0 Å². The van der Waals surface area contributed by atoms with Gasteiger partial charge in [0.25, 0.3) is 0 Å². The van der Waals surface area contributed by atoms with E-state index in [-0.39, 0.29) is 0 Å². The van der Waals surface area contributed by atoms with Crippen LogP contribution in [0.15, 0.2) is 23.2 Å². The first-order valence-corrected chi connectivity index (χ1v) is 4.51. The maximum atomic E-state index is 10.2. The summed E-state index contributed by atoms with van der Waals surface area (Å²) in [7, 11) is 0. The normalized spacial score (nSPS) is 9.38. The zero-order valence-corrected chi connectivity index (χ0v) is 8.00. The van der Waals surface area contributed by atoms with E-state index in [9.17, 15) is 4.79 Å². The molecule has 2 nitrogen and oxygen atoms in total. The van der Waals surface area contributed by atoms with Crippen LogP contribution in [-0.4, -0.2) is 6.08 Å². The molecule has 0 radical (unpaired) electrons. The van der Waals surface area contributed by atoms with E-state index in [1.54, 1.807) is 6.08 Å². The third-order valence-electron chi connectivity index (χ3n) is 2.10. The Balaban J connectivity index is 3.17. The summed E-state index contributed by atoms with van der Waals surface area (Å²) in [5, 5.41) is 0. The van der Waals surface area contributed by atoms with Crippen molar-refractivity contribution < 1.29 is 4.79 Å². The third-order valence-corrected chi connectivity index (χ3v) is 2.10. The van der Waals surface area contributed by atoms with Gasteiger partial charge in [0.05, 0.1) is 5.69 Å². The summed E-state index contributed by atoms with van der Waals surface area (Å²) in [4.78, 5) is 13.8. The molecule has 0 fully saturated rings. The van der Waals surface area contributed by atoms with Gasteiger partial charge in [-0.1, -0.05) is 26.0 Å². The monoisotopic (exact) mass is 175 g/mol. The van der Waals surface area contributed by atoms with E-state index in [4.69, 9.17) is 0 Å². The second-order valence-corrected chi connectivity index (χ2v) is 2.87. The van der Waals surface area contributed by atoms with Crippen LogP contribution in [0, 0.1) is 0 Å². The first kappa shape index (κ1) is 9.69. The number of isocyanates is 1. The van der Waals surface area contributed by atoms with E-state index in [2.05, 4.69) is 18.0 Å². The molecule has 0 spiro atoms. The molecule has 0 aliphatic heterocycles. The average Bonchev–Trinajstić information content (AvgIpc) is 2.18. The predicted octanol–water partition coefficient (Wildman–Crippen LogP) is 2.78. The highest BCUT2D eigenvalue weighted by Crippen LogP contribution is 2.21. The maximum absolute atomic E-state index is 10.2. The van der Waals surface area contributed by atoms with Gasteiger partial charge in [-0.15, -0.1) is 0 Å². The molecule has 1 rings (SSSR count). The standard InChI is InChI=1S/C11H13NO/c1-3-9-5-6-10(4-2)11(7-9)12-8-13/h5-7H,3-4H2,1-2H3. The molecule has 1 aromatic carbocycles. The molecule has 2 heteroatoms. The molecule has 13 heavy (non-hydrogen) atoms. The molecule has 0 saturated heterocycles. The van der Waals surface area contributed by atoms with Crippen LogP contribution in [0.1, 0.15) is 25.0 Å². The summed E-state index contributed by atoms with van der Waals surface area (Å²) in [5.74, 6) is 0. The highest BCUT2D eigenvalue weighted by Gasteiger charge is 1.99. The van der Waals surface area contributed by atoms with Crippen molar-refractivity contribution in [1.29, 1.82) is 0 Å². The Morgan fingerprint density at radius 1 is 1.31 bits per heavy atom. The van der Waals surface area contributed by atoms with Crippen molar-refractivity contribution in [3.05, 3.63) is 29.3 Å². The lowest BCUT2D eigenvalue weighted by Crippen LogP contribution is -1.85. The van der Waals surface area contributed by atoms with Gasteiger partial charge in [0.2, 0.25) is 6.08 Å². The van der Waals surface area contributed by atoms with E-state index in [0.717, 1.165) is 24.1 Å². The van der Waals surface area contributed by atoms with Crippen LogP contribution >= 0.6 is 0 Å². The molecule has 0 N–H and O–H groups in total. The number of hydrogen-bond donors (Lipinski definition) is 0. The Kier molecular flexibility index (Phi) is 3.41. The third kappa shape index (κ3) is 2.27. The molecule has 0 amide bonds. The van der Waals surface area contributed by atoms with E-state index in [1.807, 2.05) is 19.1 Å². The lowest BCUT2D eigenvalue weighted by molar-refractivity contribution is 0.565. The fourth-order valence-corrected chi connectivity index (χ4v) is 1.28. The van der Waals surface area contributed by atoms with Crippen LogP contribution in [-0.2, 0) is 17.6 Å². The summed E-state index contributed by atoms with van der Waals surface area (Å²) >= 11 is 0. The number of hydrogen-bond acceptors (Lipinski definition) is 2. The van der Waals surface area contributed by atoms with Gasteiger partial charge in [-0.2, -0.15) is 4.99 Å². The number of benzene rings is 1. The van der Waals surface area contributed by atoms with Crippen molar-refractivity contribution in [2.75, 3.05) is 0 Å². The second kappa shape index (κ2) is 4.58. The van der Waals surface area contributed by atoms with Crippen molar-refractivity contribution in [3.8, 4) is 0 Å². The summed E-state index contributed by atoms with van der Waals surface area (Å²) in [6.45, 7) is 4.13. The van der Waals surface area contributed by atoms with Gasteiger partial charge in [0, 0.05) is 0 Å². The molecule has 0 aliphatic carbocycles. The summed E-state index contributed by atoms with van der Waals surface area (Å²) in [6.07, 6.45) is 3.44. The first-order chi connectivity index (χ1) is 6.31. The van der Waals surface area contributed by atoms with Gasteiger partial charge in [-0.3, -0.25) is 0 Å². The predicted molar refractivity (Wildman–Crippen MR) is 53.0 cm³/mol. The summed E-state index contributed by atoms with van der Waals surface area (Å²) in [5.41, 5.74) is 3.06. The molecular weight excluding hydrogens is 162 g/mol. The van der Waals surface area contributed by atoms with Crippen LogP contribution in [0.3, 0.4) is 0 Å². The molecule has 0 heterocycles. The van der Waals surface area contributed by atoms with Crippen LogP contribution in [0.5, 0.6) is 0 Å². The molecular formula is C11H13NO. The average molecular weight is 175 g/mol. The largest absolute Gasteiger partial charge is 0.240 e. The molecule has 0 saturated carbocycles. The van der Waals surface area contributed by atoms with Crippen molar-refractivity contribution in [1.82, 2.24) is 0 Å². The fourth-order valence-electron chi connectivity index (χ4n) is 1.28. The van der Waals surface area contributed by atoms with Crippen molar-refractivity contribution in [2.45, 2.75) is 26.7 Å². The molecule has 68 valence electrons. The maximum Gasteiger partial charge on any atom is 0.240 e. The topological polar surface area (TPSA) is 29.4 Å². The second-order valence-electron chi connectivity index (χ2n) is 2.87. The van der Waals surface area contributed by atoms with E-state index in [1.165, 1.54) is 5.56 Å². The van der Waals surface area contributed by atoms with Crippen molar-refractivity contribution >= 4 is 11.8 Å². The van der Waals surface area contributed by atoms with Crippen molar-refractivity contribution in [2.24, 2.45) is 4.99 Å². The smallest absolute Gasteiger partial charge is 0.211 e. The lowest BCUT2D eigenvalue weighted by atomic mass is 10.1. The number of rotatable bonds is 3. The van der Waals surface area contributed by atoms with Gasteiger partial charge in [0.15, 0.2) is 0 Å². The molecule has 1 aromatic rings. The summed E-state index contributed by atoms with van der Waals surface area (Å²) < 4.78 is 0. The highest BCUT2D eigenvalue weighted by atomic mass is 16.1. The lowest BCUT2D eigenvalue weighted by Gasteiger charge is -2.03. The van der Waals surface area contributed by atoms with E-state index >= 15 is 0 Å². The van der Waals surface area contributed by atoms with Gasteiger partial charge in [0.1, 0.15) is 0 Å². The number of nitrogens with zero attached hydrogens (tertiary/aromatic N) is 1. The number of carbonyl (C=O) groups excluding carboxylic acids is 1. The zero-order valence-electron chi connectivity index (χ0n) is 8.00. The first-order valence-electron chi connectivity index (χ1n) is 4.51. The Morgan fingerprint density at radius 3 is 2.62 bits per heavy atom. The minimum Gasteiger partial charge on any atom is -0.211 e. The van der Waals surface area contributed by atoms with Crippen LogP contribution in [0.4, 0.5) is 5.69 Å². The van der Waals surface area contributed by atoms with Gasteiger partial charge in [-0.25, -0.2) is 4.79 Å². The SMILES string of the molecule is CCc1ccc(CC)c(N=C=O)c1. The number of aryl methyl sites for hydroxylation is 2. The van der Waals surface area contributed by atoms with Crippen LogP contribution < -0.4 is 0 Å². The van der Waals surface area contributed by atoms with Crippen molar-refractivity contribution in [3.63, 3.8) is 0 Å². The quantitative estimate of drug-likeness (QED) is 0.513. The number of aliphatic imine (C=N–C) groups is 1. The van der Waals surface area contributed by atoms with Crippen LogP contribution in [0.25, 0.3) is 0 Å². The highest BCUT2D eigenvalue weighted by molar-refractivity contribution is 5.55. The Hall–Kier alpha value is -1.40. The van der Waals surface area contributed by atoms with E-state index < -0.39 is 0 Å². The molecule has 0 atom stereocenters. The Labute approximate surface area is 78.3 Å².